The van der Waals surface area contributed by atoms with Gasteiger partial charge in [-0.05, 0) is 86.6 Å². The zero-order valence-electron chi connectivity index (χ0n) is 18.3. The van der Waals surface area contributed by atoms with Crippen LogP contribution in [-0.2, 0) is 4.79 Å². The average molecular weight is 393 g/mol. The molecule has 154 valence electrons. The number of aryl methyl sites for hydroxylation is 2. The third kappa shape index (κ3) is 4.78. The van der Waals surface area contributed by atoms with E-state index in [1.54, 1.807) is 6.21 Å². The van der Waals surface area contributed by atoms with Crippen molar-refractivity contribution in [2.45, 2.75) is 52.5 Å². The number of benzene rings is 2. The van der Waals surface area contributed by atoms with Gasteiger partial charge in [0.2, 0.25) is 0 Å². The summed E-state index contributed by atoms with van der Waals surface area (Å²) < 4.78 is 0. The second-order valence-electron chi connectivity index (χ2n) is 8.74. The van der Waals surface area contributed by atoms with Gasteiger partial charge in [0.1, 0.15) is 0 Å². The zero-order chi connectivity index (χ0) is 21.2. The van der Waals surface area contributed by atoms with Crippen LogP contribution < -0.4 is 15.6 Å². The molecule has 1 amide bonds. The van der Waals surface area contributed by atoms with Crippen LogP contribution in [-0.4, -0.2) is 31.3 Å². The van der Waals surface area contributed by atoms with Gasteiger partial charge in [-0.25, -0.2) is 5.43 Å². The molecule has 0 fully saturated rings. The number of hydrazone groups is 1. The molecule has 0 aliphatic carbocycles. The highest BCUT2D eigenvalue weighted by Gasteiger charge is 2.33. The van der Waals surface area contributed by atoms with Crippen molar-refractivity contribution < 1.29 is 4.79 Å². The van der Waals surface area contributed by atoms with Gasteiger partial charge in [-0.2, -0.15) is 5.10 Å². The van der Waals surface area contributed by atoms with E-state index in [4.69, 9.17) is 0 Å². The lowest BCUT2D eigenvalue weighted by Gasteiger charge is -2.45. The minimum absolute atomic E-state index is 0.152. The van der Waals surface area contributed by atoms with Gasteiger partial charge in [-0.1, -0.05) is 19.1 Å². The molecule has 0 bridgehead atoms. The predicted octanol–water partition coefficient (Wildman–Crippen LogP) is 4.59. The van der Waals surface area contributed by atoms with E-state index >= 15 is 0 Å². The van der Waals surface area contributed by atoms with Gasteiger partial charge < -0.3 is 10.2 Å². The summed E-state index contributed by atoms with van der Waals surface area (Å²) in [5.41, 5.74) is 9.71. The molecule has 5 nitrogen and oxygen atoms in total. The summed E-state index contributed by atoms with van der Waals surface area (Å²) in [4.78, 5) is 14.4. The SMILES string of the molecule is Cc1ccc(NCC(=O)N/N=C\c2ccc3c(c2)C(C)CC(C)(C)N3C)cc1C. The normalized spacial score (nSPS) is 17.9. The van der Waals surface area contributed by atoms with E-state index in [0.29, 0.717) is 5.92 Å². The van der Waals surface area contributed by atoms with Crippen LogP contribution in [0.2, 0.25) is 0 Å². The van der Waals surface area contributed by atoms with Crippen LogP contribution in [0, 0.1) is 13.8 Å². The van der Waals surface area contributed by atoms with E-state index in [1.165, 1.54) is 22.4 Å². The molecule has 0 aromatic heterocycles. The van der Waals surface area contributed by atoms with Crippen LogP contribution in [0.5, 0.6) is 0 Å². The van der Waals surface area contributed by atoms with Crippen LogP contribution >= 0.6 is 0 Å². The standard InChI is InChI=1S/C24H32N4O/c1-16-7-9-20(11-17(16)2)25-15-23(29)27-26-14-19-8-10-22-21(12-19)18(3)13-24(4,5)28(22)6/h7-12,14,18,25H,13,15H2,1-6H3,(H,27,29)/b26-14-. The van der Waals surface area contributed by atoms with Crippen LogP contribution in [0.1, 0.15) is 55.4 Å². The minimum Gasteiger partial charge on any atom is -0.376 e. The van der Waals surface area contributed by atoms with E-state index in [2.05, 4.69) is 74.5 Å². The molecule has 1 atom stereocenters. The number of nitrogens with one attached hydrogen (secondary N) is 2. The number of hydrogen-bond donors (Lipinski definition) is 2. The highest BCUT2D eigenvalue weighted by Crippen LogP contribution is 2.42. The Labute approximate surface area is 174 Å². The largest absolute Gasteiger partial charge is 0.376 e. The number of nitrogens with zero attached hydrogens (tertiary/aromatic N) is 2. The molecular weight excluding hydrogens is 360 g/mol. The lowest BCUT2D eigenvalue weighted by Crippen LogP contribution is -2.45. The van der Waals surface area contributed by atoms with Crippen molar-refractivity contribution in [3.05, 3.63) is 58.7 Å². The predicted molar refractivity (Wildman–Crippen MR) is 122 cm³/mol. The second-order valence-corrected chi connectivity index (χ2v) is 8.74. The summed E-state index contributed by atoms with van der Waals surface area (Å²) >= 11 is 0. The smallest absolute Gasteiger partial charge is 0.259 e. The van der Waals surface area contributed by atoms with Gasteiger partial charge in [-0.15, -0.1) is 0 Å². The fraction of sp³-hybridized carbons (Fsp3) is 0.417. The first kappa shape index (κ1) is 20.9. The van der Waals surface area contributed by atoms with Crippen LogP contribution in [0.4, 0.5) is 11.4 Å². The van der Waals surface area contributed by atoms with Gasteiger partial charge in [0.05, 0.1) is 12.8 Å². The maximum absolute atomic E-state index is 12.1. The number of rotatable bonds is 5. The molecule has 3 rings (SSSR count). The number of hydrogen-bond acceptors (Lipinski definition) is 4. The Bertz CT molecular complexity index is 932. The quantitative estimate of drug-likeness (QED) is 0.578. The zero-order valence-corrected chi connectivity index (χ0v) is 18.3. The number of carbonyl (C=O) groups excluding carboxylic acids is 1. The number of carbonyl (C=O) groups is 1. The Morgan fingerprint density at radius 3 is 2.69 bits per heavy atom. The van der Waals surface area contributed by atoms with E-state index in [1.807, 2.05) is 24.3 Å². The molecule has 0 saturated heterocycles. The summed E-state index contributed by atoms with van der Waals surface area (Å²) in [7, 11) is 2.15. The van der Waals surface area contributed by atoms with Crippen molar-refractivity contribution in [2.75, 3.05) is 23.8 Å². The topological polar surface area (TPSA) is 56.7 Å². The first-order chi connectivity index (χ1) is 13.7. The first-order valence-electron chi connectivity index (χ1n) is 10.2. The van der Waals surface area contributed by atoms with Gasteiger partial charge in [0.25, 0.3) is 5.91 Å². The molecule has 0 spiro atoms. The van der Waals surface area contributed by atoms with Crippen LogP contribution in [0.25, 0.3) is 0 Å². The van der Waals surface area contributed by atoms with E-state index in [0.717, 1.165) is 17.7 Å². The molecule has 29 heavy (non-hydrogen) atoms. The lowest BCUT2D eigenvalue weighted by atomic mass is 9.80. The monoisotopic (exact) mass is 392 g/mol. The maximum atomic E-state index is 12.1. The third-order valence-corrected chi connectivity index (χ3v) is 6.02. The van der Waals surface area contributed by atoms with Crippen molar-refractivity contribution in [3.8, 4) is 0 Å². The Balaban J connectivity index is 1.58. The fourth-order valence-corrected chi connectivity index (χ4v) is 3.93. The Morgan fingerprint density at radius 1 is 1.21 bits per heavy atom. The van der Waals surface area contributed by atoms with Gasteiger partial charge in [0.15, 0.2) is 0 Å². The minimum atomic E-state index is -0.174. The molecule has 1 aliphatic heterocycles. The summed E-state index contributed by atoms with van der Waals surface area (Å²) in [5.74, 6) is 0.314. The molecule has 1 aliphatic rings. The first-order valence-corrected chi connectivity index (χ1v) is 10.2. The van der Waals surface area contributed by atoms with Crippen LogP contribution in [0.15, 0.2) is 41.5 Å². The van der Waals surface area contributed by atoms with Gasteiger partial charge >= 0.3 is 0 Å². The Hall–Kier alpha value is -2.82. The van der Waals surface area contributed by atoms with E-state index < -0.39 is 0 Å². The van der Waals surface area contributed by atoms with Crippen molar-refractivity contribution in [1.29, 1.82) is 0 Å². The molecule has 0 radical (unpaired) electrons. The second kappa shape index (κ2) is 8.27. The lowest BCUT2D eigenvalue weighted by molar-refractivity contribution is -0.119. The molecule has 5 heteroatoms. The number of fused-ring (bicyclic) bond motifs is 1. The van der Waals surface area contributed by atoms with Crippen molar-refractivity contribution in [3.63, 3.8) is 0 Å². The van der Waals surface area contributed by atoms with Crippen molar-refractivity contribution >= 4 is 23.5 Å². The molecule has 2 aromatic rings. The summed E-state index contributed by atoms with van der Waals surface area (Å²) in [6, 6.07) is 12.4. The highest BCUT2D eigenvalue weighted by molar-refractivity contribution is 5.85. The summed E-state index contributed by atoms with van der Waals surface area (Å²) in [6.07, 6.45) is 2.82. The molecule has 1 heterocycles. The summed E-state index contributed by atoms with van der Waals surface area (Å²) in [6.45, 7) is 11.1. The van der Waals surface area contributed by atoms with E-state index in [-0.39, 0.29) is 18.0 Å². The maximum Gasteiger partial charge on any atom is 0.259 e. The highest BCUT2D eigenvalue weighted by atomic mass is 16.2. The fourth-order valence-electron chi connectivity index (χ4n) is 3.93. The number of amides is 1. The van der Waals surface area contributed by atoms with E-state index in [9.17, 15) is 4.79 Å². The third-order valence-electron chi connectivity index (χ3n) is 6.02. The van der Waals surface area contributed by atoms with Crippen LogP contribution in [0.3, 0.4) is 0 Å². The molecular formula is C24H32N4O. The Morgan fingerprint density at radius 2 is 1.97 bits per heavy atom. The van der Waals surface area contributed by atoms with Gasteiger partial charge in [0, 0.05) is 24.0 Å². The average Bonchev–Trinajstić information content (AvgIpc) is 2.67. The molecule has 0 saturated carbocycles. The Kier molecular flexibility index (Phi) is 5.96. The van der Waals surface area contributed by atoms with Crippen molar-refractivity contribution in [2.24, 2.45) is 5.10 Å². The molecule has 1 unspecified atom stereocenters. The van der Waals surface area contributed by atoms with Crippen molar-refractivity contribution in [1.82, 2.24) is 5.43 Å². The van der Waals surface area contributed by atoms with Gasteiger partial charge in [-0.3, -0.25) is 4.79 Å². The number of anilines is 2. The molecule has 2 aromatic carbocycles. The molecule has 2 N–H and O–H groups in total. The summed E-state index contributed by atoms with van der Waals surface area (Å²) in [5, 5.41) is 7.26.